The fourth-order valence-corrected chi connectivity index (χ4v) is 2.36. The molecule has 1 amide bonds. The van der Waals surface area contributed by atoms with Gasteiger partial charge in [0.1, 0.15) is 11.6 Å². The van der Waals surface area contributed by atoms with Gasteiger partial charge in [-0.15, -0.1) is 0 Å². The number of hydrogen-bond acceptors (Lipinski definition) is 2. The van der Waals surface area contributed by atoms with Gasteiger partial charge in [0.15, 0.2) is 0 Å². The van der Waals surface area contributed by atoms with Crippen molar-refractivity contribution in [1.29, 1.82) is 0 Å². The van der Waals surface area contributed by atoms with Crippen LogP contribution in [0.15, 0.2) is 72.8 Å². The van der Waals surface area contributed by atoms with Gasteiger partial charge in [-0.1, -0.05) is 18.2 Å². The Balaban J connectivity index is 1.58. The molecule has 3 aromatic carbocycles. The van der Waals surface area contributed by atoms with E-state index in [1.54, 1.807) is 48.5 Å². The number of rotatable bonds is 5. The molecule has 0 aliphatic rings. The van der Waals surface area contributed by atoms with Gasteiger partial charge >= 0.3 is 0 Å². The highest BCUT2D eigenvalue weighted by Crippen LogP contribution is 2.19. The molecular weight excluding hydrogens is 322 g/mol. The quantitative estimate of drug-likeness (QED) is 0.695. The van der Waals surface area contributed by atoms with Crippen LogP contribution in [0.4, 0.5) is 25.8 Å². The van der Waals surface area contributed by atoms with Gasteiger partial charge in [-0.3, -0.25) is 4.79 Å². The van der Waals surface area contributed by atoms with Crippen LogP contribution in [0.25, 0.3) is 0 Å². The number of nitrogens with one attached hydrogen (secondary N) is 2. The van der Waals surface area contributed by atoms with Crippen molar-refractivity contribution in [2.45, 2.75) is 6.42 Å². The second kappa shape index (κ2) is 7.57. The Morgan fingerprint density at radius 2 is 1.44 bits per heavy atom. The summed E-state index contributed by atoms with van der Waals surface area (Å²) in [6.07, 6.45) is 0.170. The molecule has 3 nitrogen and oxygen atoms in total. The highest BCUT2D eigenvalue weighted by molar-refractivity contribution is 5.92. The second-order valence-corrected chi connectivity index (χ2v) is 5.56. The molecule has 25 heavy (non-hydrogen) atoms. The first-order chi connectivity index (χ1) is 12.1. The summed E-state index contributed by atoms with van der Waals surface area (Å²) in [6, 6.07) is 19.1. The smallest absolute Gasteiger partial charge is 0.228 e. The van der Waals surface area contributed by atoms with E-state index in [2.05, 4.69) is 10.6 Å². The van der Waals surface area contributed by atoms with Crippen LogP contribution in [-0.4, -0.2) is 5.91 Å². The zero-order chi connectivity index (χ0) is 17.6. The average molecular weight is 338 g/mol. The maximum Gasteiger partial charge on any atom is 0.228 e. The van der Waals surface area contributed by atoms with Crippen LogP contribution in [0.3, 0.4) is 0 Å². The largest absolute Gasteiger partial charge is 0.355 e. The number of amides is 1. The normalized spacial score (nSPS) is 10.3. The number of anilines is 3. The van der Waals surface area contributed by atoms with Crippen molar-refractivity contribution in [1.82, 2.24) is 0 Å². The molecule has 0 unspecified atom stereocenters. The summed E-state index contributed by atoms with van der Waals surface area (Å²) in [4.78, 5) is 12.0. The SMILES string of the molecule is O=C(Cc1ccc(F)cc1)Nc1ccc(Nc2cccc(F)c2)cc1. The summed E-state index contributed by atoms with van der Waals surface area (Å²) < 4.78 is 26.0. The Kier molecular flexibility index (Phi) is 5.04. The number of halogens is 2. The fourth-order valence-electron chi connectivity index (χ4n) is 2.36. The summed E-state index contributed by atoms with van der Waals surface area (Å²) in [5.41, 5.74) is 2.82. The third kappa shape index (κ3) is 4.88. The van der Waals surface area contributed by atoms with E-state index in [9.17, 15) is 13.6 Å². The Morgan fingerprint density at radius 1 is 0.760 bits per heavy atom. The van der Waals surface area contributed by atoms with Crippen molar-refractivity contribution < 1.29 is 13.6 Å². The first-order valence-corrected chi connectivity index (χ1v) is 7.75. The van der Waals surface area contributed by atoms with Crippen molar-refractivity contribution in [3.05, 3.63) is 90.0 Å². The predicted molar refractivity (Wildman–Crippen MR) is 94.9 cm³/mol. The summed E-state index contributed by atoms with van der Waals surface area (Å²) >= 11 is 0. The minimum absolute atomic E-state index is 0.170. The first-order valence-electron chi connectivity index (χ1n) is 7.75. The highest BCUT2D eigenvalue weighted by Gasteiger charge is 2.05. The topological polar surface area (TPSA) is 41.1 Å². The molecule has 5 heteroatoms. The van der Waals surface area contributed by atoms with Crippen LogP contribution in [-0.2, 0) is 11.2 Å². The third-order valence-corrected chi connectivity index (χ3v) is 3.56. The standard InChI is InChI=1S/C20H16F2N2O/c21-15-6-4-14(5-7-15)12-20(25)24-18-10-8-17(9-11-18)23-19-3-1-2-16(22)13-19/h1-11,13,23H,12H2,(H,24,25). The zero-order valence-corrected chi connectivity index (χ0v) is 13.3. The van der Waals surface area contributed by atoms with E-state index < -0.39 is 0 Å². The molecule has 3 aromatic rings. The molecule has 0 fully saturated rings. The second-order valence-electron chi connectivity index (χ2n) is 5.56. The van der Waals surface area contributed by atoms with Gasteiger partial charge in [-0.25, -0.2) is 8.78 Å². The monoisotopic (exact) mass is 338 g/mol. The molecule has 0 radical (unpaired) electrons. The van der Waals surface area contributed by atoms with Crippen molar-refractivity contribution in [2.75, 3.05) is 10.6 Å². The summed E-state index contributed by atoms with van der Waals surface area (Å²) in [7, 11) is 0. The van der Waals surface area contributed by atoms with Crippen molar-refractivity contribution in [3.8, 4) is 0 Å². The number of carbonyl (C=O) groups is 1. The van der Waals surface area contributed by atoms with Crippen molar-refractivity contribution in [2.24, 2.45) is 0 Å². The maximum absolute atomic E-state index is 13.2. The Labute approximate surface area is 144 Å². The lowest BCUT2D eigenvalue weighted by Crippen LogP contribution is -2.14. The Bertz CT molecular complexity index is 862. The lowest BCUT2D eigenvalue weighted by Gasteiger charge is -2.09. The first kappa shape index (κ1) is 16.6. The van der Waals surface area contributed by atoms with Crippen molar-refractivity contribution >= 4 is 23.0 Å². The van der Waals surface area contributed by atoms with E-state index in [4.69, 9.17) is 0 Å². The van der Waals surface area contributed by atoms with Crippen LogP contribution in [0.2, 0.25) is 0 Å². The molecule has 0 bridgehead atoms. The molecule has 0 spiro atoms. The van der Waals surface area contributed by atoms with E-state index in [1.807, 2.05) is 0 Å². The van der Waals surface area contributed by atoms with Gasteiger partial charge in [0, 0.05) is 17.1 Å². The Morgan fingerprint density at radius 3 is 2.12 bits per heavy atom. The molecule has 0 aromatic heterocycles. The molecule has 3 rings (SSSR count). The minimum Gasteiger partial charge on any atom is -0.355 e. The van der Waals surface area contributed by atoms with Crippen LogP contribution in [0, 0.1) is 11.6 Å². The number of benzene rings is 3. The van der Waals surface area contributed by atoms with E-state index >= 15 is 0 Å². The minimum atomic E-state index is -0.328. The van der Waals surface area contributed by atoms with Crippen LogP contribution >= 0.6 is 0 Å². The maximum atomic E-state index is 13.2. The van der Waals surface area contributed by atoms with Crippen molar-refractivity contribution in [3.63, 3.8) is 0 Å². The fraction of sp³-hybridized carbons (Fsp3) is 0.0500. The zero-order valence-electron chi connectivity index (χ0n) is 13.3. The molecule has 0 atom stereocenters. The third-order valence-electron chi connectivity index (χ3n) is 3.56. The molecular formula is C20H16F2N2O. The van der Waals surface area contributed by atoms with Gasteiger partial charge < -0.3 is 10.6 Å². The molecule has 0 aliphatic heterocycles. The van der Waals surface area contributed by atoms with Crippen LogP contribution in [0.1, 0.15) is 5.56 Å². The summed E-state index contributed by atoms with van der Waals surface area (Å²) in [6.45, 7) is 0. The predicted octanol–water partition coefficient (Wildman–Crippen LogP) is 4.89. The lowest BCUT2D eigenvalue weighted by molar-refractivity contribution is -0.115. The highest BCUT2D eigenvalue weighted by atomic mass is 19.1. The van der Waals surface area contributed by atoms with E-state index in [0.29, 0.717) is 11.4 Å². The lowest BCUT2D eigenvalue weighted by atomic mass is 10.1. The molecule has 0 saturated carbocycles. The van der Waals surface area contributed by atoms with Gasteiger partial charge in [0.25, 0.3) is 0 Å². The number of carbonyl (C=O) groups excluding carboxylic acids is 1. The van der Waals surface area contributed by atoms with Gasteiger partial charge in [-0.2, -0.15) is 0 Å². The Hall–Kier alpha value is -3.21. The van der Waals surface area contributed by atoms with E-state index in [0.717, 1.165) is 11.3 Å². The van der Waals surface area contributed by atoms with Crippen LogP contribution < -0.4 is 10.6 Å². The van der Waals surface area contributed by atoms with E-state index in [1.165, 1.54) is 24.3 Å². The number of hydrogen-bond donors (Lipinski definition) is 2. The molecule has 0 saturated heterocycles. The summed E-state index contributed by atoms with van der Waals surface area (Å²) in [5.74, 6) is -0.822. The van der Waals surface area contributed by atoms with Gasteiger partial charge in [0.2, 0.25) is 5.91 Å². The molecule has 2 N–H and O–H groups in total. The van der Waals surface area contributed by atoms with Gasteiger partial charge in [0.05, 0.1) is 6.42 Å². The molecule has 0 aliphatic carbocycles. The van der Waals surface area contributed by atoms with Crippen LogP contribution in [0.5, 0.6) is 0 Å². The van der Waals surface area contributed by atoms with Gasteiger partial charge in [-0.05, 0) is 60.2 Å². The molecule has 0 heterocycles. The van der Waals surface area contributed by atoms with E-state index in [-0.39, 0.29) is 24.0 Å². The molecule has 126 valence electrons. The average Bonchev–Trinajstić information content (AvgIpc) is 2.59. The summed E-state index contributed by atoms with van der Waals surface area (Å²) in [5, 5.41) is 5.87.